The zero-order chi connectivity index (χ0) is 19.0. The van der Waals surface area contributed by atoms with E-state index in [0.29, 0.717) is 0 Å². The first-order valence-electron chi connectivity index (χ1n) is 6.53. The number of carbonyl (C=O) groups is 1. The summed E-state index contributed by atoms with van der Waals surface area (Å²) in [5.41, 5.74) is -6.40. The number of alkyl halides is 3. The number of anilines is 1. The first-order chi connectivity index (χ1) is 11.3. The fraction of sp³-hybridized carbons (Fsp3) is 0.250. The number of halogens is 3. The molecule has 2 amide bonds. The molecule has 1 aromatic rings. The van der Waals surface area contributed by atoms with Crippen molar-refractivity contribution in [2.24, 2.45) is 5.14 Å². The van der Waals surface area contributed by atoms with Gasteiger partial charge in [0.1, 0.15) is 4.90 Å². The van der Waals surface area contributed by atoms with E-state index in [1.165, 1.54) is 4.90 Å². The van der Waals surface area contributed by atoms with Crippen LogP contribution in [0, 0.1) is 0 Å². The molecule has 0 fully saturated rings. The summed E-state index contributed by atoms with van der Waals surface area (Å²) in [7, 11) is -10.4. The Bertz CT molecular complexity index is 931. The molecule has 0 aliphatic carbocycles. The third-order valence-electron chi connectivity index (χ3n) is 3.22. The van der Waals surface area contributed by atoms with E-state index in [0.717, 1.165) is 12.1 Å². The van der Waals surface area contributed by atoms with Gasteiger partial charge in [0.25, 0.3) is 9.84 Å². The van der Waals surface area contributed by atoms with Crippen LogP contribution in [-0.4, -0.2) is 46.4 Å². The molecule has 25 heavy (non-hydrogen) atoms. The SMILES string of the molecule is NS(=O)(=O)c1ccc(NC(=O)N2CC=CC2)c(S(=O)(=O)C(F)(F)F)c1. The molecule has 13 heteroatoms. The molecule has 0 atom stereocenters. The number of sulfonamides is 1. The molecule has 0 saturated carbocycles. The summed E-state index contributed by atoms with van der Waals surface area (Å²) in [5, 5.41) is 6.86. The fourth-order valence-corrected chi connectivity index (χ4v) is 3.52. The second-order valence-electron chi connectivity index (χ2n) is 4.96. The molecule has 3 N–H and O–H groups in total. The number of rotatable bonds is 3. The lowest BCUT2D eigenvalue weighted by molar-refractivity contribution is -0.0435. The van der Waals surface area contributed by atoms with Gasteiger partial charge in [-0.05, 0) is 18.2 Å². The van der Waals surface area contributed by atoms with E-state index < -0.39 is 46.9 Å². The van der Waals surface area contributed by atoms with Gasteiger partial charge in [0.2, 0.25) is 10.0 Å². The number of amides is 2. The predicted molar refractivity (Wildman–Crippen MR) is 80.8 cm³/mol. The van der Waals surface area contributed by atoms with Crippen LogP contribution in [0.5, 0.6) is 0 Å². The summed E-state index contributed by atoms with van der Waals surface area (Å²) >= 11 is 0. The molecule has 138 valence electrons. The quantitative estimate of drug-likeness (QED) is 0.734. The zero-order valence-electron chi connectivity index (χ0n) is 12.3. The van der Waals surface area contributed by atoms with Crippen molar-refractivity contribution >= 4 is 31.6 Å². The molecule has 2 rings (SSSR count). The molecule has 0 spiro atoms. The highest BCUT2D eigenvalue weighted by atomic mass is 32.2. The van der Waals surface area contributed by atoms with Crippen molar-refractivity contribution in [2.75, 3.05) is 18.4 Å². The second kappa shape index (κ2) is 6.31. The molecule has 1 aliphatic rings. The number of primary sulfonamides is 1. The third kappa shape index (κ3) is 3.93. The van der Waals surface area contributed by atoms with E-state index in [-0.39, 0.29) is 19.2 Å². The van der Waals surface area contributed by atoms with Gasteiger partial charge in [-0.25, -0.2) is 26.8 Å². The van der Waals surface area contributed by atoms with Gasteiger partial charge in [0.15, 0.2) is 0 Å². The highest BCUT2D eigenvalue weighted by molar-refractivity contribution is 7.92. The minimum absolute atomic E-state index is 0.197. The summed E-state index contributed by atoms with van der Waals surface area (Å²) in [6.07, 6.45) is 3.27. The molecule has 0 saturated heterocycles. The summed E-state index contributed by atoms with van der Waals surface area (Å²) in [6.45, 7) is 0.394. The van der Waals surface area contributed by atoms with Crippen molar-refractivity contribution in [1.29, 1.82) is 0 Å². The van der Waals surface area contributed by atoms with Crippen molar-refractivity contribution < 1.29 is 34.8 Å². The lowest BCUT2D eigenvalue weighted by Gasteiger charge is -2.19. The molecular formula is C12H12F3N3O5S2. The van der Waals surface area contributed by atoms with Crippen molar-refractivity contribution in [3.63, 3.8) is 0 Å². The Kier molecular flexibility index (Phi) is 4.85. The van der Waals surface area contributed by atoms with Crippen LogP contribution in [0.3, 0.4) is 0 Å². The Morgan fingerprint density at radius 2 is 1.68 bits per heavy atom. The van der Waals surface area contributed by atoms with E-state index in [1.54, 1.807) is 12.2 Å². The minimum Gasteiger partial charge on any atom is -0.317 e. The molecule has 1 aliphatic heterocycles. The zero-order valence-corrected chi connectivity index (χ0v) is 14.0. The van der Waals surface area contributed by atoms with Crippen LogP contribution in [0.2, 0.25) is 0 Å². The van der Waals surface area contributed by atoms with Crippen molar-refractivity contribution in [2.45, 2.75) is 15.3 Å². The molecule has 0 bridgehead atoms. The molecule has 0 aromatic heterocycles. The minimum atomic E-state index is -5.93. The molecule has 0 unspecified atom stereocenters. The van der Waals surface area contributed by atoms with Gasteiger partial charge in [-0.1, -0.05) is 12.2 Å². The van der Waals surface area contributed by atoms with Gasteiger partial charge in [0, 0.05) is 13.1 Å². The summed E-state index contributed by atoms with van der Waals surface area (Å²) < 4.78 is 84.6. The largest absolute Gasteiger partial charge is 0.501 e. The average Bonchev–Trinajstić information content (AvgIpc) is 2.99. The lowest BCUT2D eigenvalue weighted by Crippen LogP contribution is -2.33. The second-order valence-corrected chi connectivity index (χ2v) is 8.43. The van der Waals surface area contributed by atoms with Crippen molar-refractivity contribution in [1.82, 2.24) is 4.90 Å². The monoisotopic (exact) mass is 399 g/mol. The van der Waals surface area contributed by atoms with E-state index in [9.17, 15) is 34.8 Å². The highest BCUT2D eigenvalue weighted by Gasteiger charge is 2.48. The van der Waals surface area contributed by atoms with Crippen molar-refractivity contribution in [3.8, 4) is 0 Å². The van der Waals surface area contributed by atoms with Gasteiger partial charge in [-0.15, -0.1) is 0 Å². The first-order valence-corrected chi connectivity index (χ1v) is 9.56. The van der Waals surface area contributed by atoms with Crippen LogP contribution >= 0.6 is 0 Å². The number of carbonyl (C=O) groups excluding carboxylic acids is 1. The maximum atomic E-state index is 12.9. The van der Waals surface area contributed by atoms with Crippen molar-refractivity contribution in [3.05, 3.63) is 30.4 Å². The normalized spacial score (nSPS) is 15.4. The first kappa shape index (κ1) is 19.2. The van der Waals surface area contributed by atoms with Gasteiger partial charge in [-0.3, -0.25) is 0 Å². The van der Waals surface area contributed by atoms with E-state index in [4.69, 9.17) is 5.14 Å². The summed E-state index contributed by atoms with van der Waals surface area (Å²) in [6, 6.07) is 0.949. The Morgan fingerprint density at radius 1 is 1.12 bits per heavy atom. The van der Waals surface area contributed by atoms with Gasteiger partial charge in [0.05, 0.1) is 10.6 Å². The Hall–Kier alpha value is -2.12. The summed E-state index contributed by atoms with van der Waals surface area (Å²) in [4.78, 5) is 10.9. The summed E-state index contributed by atoms with van der Waals surface area (Å²) in [5.74, 6) is 0. The number of nitrogens with two attached hydrogens (primary N) is 1. The molecule has 0 radical (unpaired) electrons. The molecular weight excluding hydrogens is 387 g/mol. The maximum Gasteiger partial charge on any atom is 0.501 e. The van der Waals surface area contributed by atoms with Gasteiger partial charge in [-0.2, -0.15) is 13.2 Å². The Morgan fingerprint density at radius 3 is 2.16 bits per heavy atom. The number of hydrogen-bond acceptors (Lipinski definition) is 5. The molecule has 1 aromatic carbocycles. The number of urea groups is 1. The smallest absolute Gasteiger partial charge is 0.317 e. The number of nitrogens with one attached hydrogen (secondary N) is 1. The average molecular weight is 399 g/mol. The van der Waals surface area contributed by atoms with Crippen LogP contribution < -0.4 is 10.5 Å². The highest BCUT2D eigenvalue weighted by Crippen LogP contribution is 2.35. The van der Waals surface area contributed by atoms with Gasteiger partial charge < -0.3 is 10.2 Å². The fourth-order valence-electron chi connectivity index (χ4n) is 1.97. The topological polar surface area (TPSA) is 127 Å². The van der Waals surface area contributed by atoms with Crippen LogP contribution in [0.1, 0.15) is 0 Å². The van der Waals surface area contributed by atoms with Crippen LogP contribution in [0.4, 0.5) is 23.7 Å². The standard InChI is InChI=1S/C12H12F3N3O5S2/c13-12(14,15)24(20,21)10-7-8(25(16,22)23)3-4-9(10)17-11(19)18-5-1-2-6-18/h1-4,7H,5-6H2,(H,17,19)(H2,16,22,23). The predicted octanol–water partition coefficient (Wildman–Crippen LogP) is 1.03. The van der Waals surface area contributed by atoms with E-state index in [2.05, 4.69) is 0 Å². The van der Waals surface area contributed by atoms with E-state index in [1.807, 2.05) is 5.32 Å². The number of hydrogen-bond donors (Lipinski definition) is 2. The third-order valence-corrected chi connectivity index (χ3v) is 5.66. The van der Waals surface area contributed by atoms with Crippen LogP contribution in [-0.2, 0) is 19.9 Å². The number of sulfone groups is 1. The molecule has 8 nitrogen and oxygen atoms in total. The van der Waals surface area contributed by atoms with Crippen LogP contribution in [0.15, 0.2) is 40.1 Å². The maximum absolute atomic E-state index is 12.9. The Balaban J connectivity index is 2.54. The number of nitrogens with zero attached hydrogens (tertiary/aromatic N) is 1. The molecule has 1 heterocycles. The number of benzene rings is 1. The van der Waals surface area contributed by atoms with Gasteiger partial charge >= 0.3 is 11.5 Å². The van der Waals surface area contributed by atoms with Crippen LogP contribution in [0.25, 0.3) is 0 Å². The van der Waals surface area contributed by atoms with E-state index >= 15 is 0 Å². The lowest BCUT2D eigenvalue weighted by atomic mass is 10.3. The Labute approximate surface area is 141 Å².